The van der Waals surface area contributed by atoms with Gasteiger partial charge in [-0.2, -0.15) is 0 Å². The van der Waals surface area contributed by atoms with Crippen LogP contribution in [-0.2, 0) is 6.42 Å². The highest BCUT2D eigenvalue weighted by Crippen LogP contribution is 2.38. The summed E-state index contributed by atoms with van der Waals surface area (Å²) in [5, 5.41) is 0. The maximum atomic E-state index is 14.0. The molecule has 0 bridgehead atoms. The van der Waals surface area contributed by atoms with Crippen molar-refractivity contribution in [2.45, 2.75) is 31.7 Å². The molecule has 6 N–H and O–H groups in total. The van der Waals surface area contributed by atoms with Crippen molar-refractivity contribution in [2.24, 2.45) is 4.99 Å². The summed E-state index contributed by atoms with van der Waals surface area (Å²) in [5.74, 6) is 0.504. The lowest BCUT2D eigenvalue weighted by atomic mass is 9.98. The zero-order chi connectivity index (χ0) is 17.6. The Morgan fingerprint density at radius 2 is 1.76 bits per heavy atom. The highest BCUT2D eigenvalue weighted by molar-refractivity contribution is 6.13. The molecule has 0 radical (unpaired) electrons. The van der Waals surface area contributed by atoms with E-state index in [-0.39, 0.29) is 29.2 Å². The third-order valence-corrected chi connectivity index (χ3v) is 4.82. The molecule has 1 aromatic heterocycles. The smallest absolute Gasteiger partial charge is 0.182 e. The number of anilines is 3. The first-order valence-corrected chi connectivity index (χ1v) is 8.27. The molecule has 0 saturated heterocycles. The minimum atomic E-state index is -0.205. The number of rotatable bonds is 3. The number of aromatic nitrogens is 2. The topological polar surface area (TPSA) is 116 Å². The summed E-state index contributed by atoms with van der Waals surface area (Å²) in [4.78, 5) is 13.3. The first-order chi connectivity index (χ1) is 12.0. The second-order valence-electron chi connectivity index (χ2n) is 6.38. The summed E-state index contributed by atoms with van der Waals surface area (Å²) in [6.07, 6.45) is 3.45. The van der Waals surface area contributed by atoms with Crippen LogP contribution in [-0.4, -0.2) is 21.7 Å². The van der Waals surface area contributed by atoms with Crippen LogP contribution in [0.4, 0.5) is 21.7 Å². The van der Waals surface area contributed by atoms with Gasteiger partial charge in [-0.1, -0.05) is 18.2 Å². The van der Waals surface area contributed by atoms with E-state index < -0.39 is 0 Å². The van der Waals surface area contributed by atoms with E-state index >= 15 is 0 Å². The normalized spacial score (nSPS) is 19.2. The maximum absolute atomic E-state index is 14.0. The fourth-order valence-corrected chi connectivity index (χ4v) is 3.56. The van der Waals surface area contributed by atoms with Gasteiger partial charge < -0.3 is 17.2 Å². The van der Waals surface area contributed by atoms with Crippen LogP contribution in [0.15, 0.2) is 40.4 Å². The zero-order valence-corrected chi connectivity index (χ0v) is 13.7. The lowest BCUT2D eigenvalue weighted by molar-refractivity contribution is 0.599. The number of nitrogen functional groups attached to an aromatic ring is 3. The Kier molecular flexibility index (Phi) is 3.63. The van der Waals surface area contributed by atoms with Gasteiger partial charge in [0.15, 0.2) is 17.5 Å². The summed E-state index contributed by atoms with van der Waals surface area (Å²) >= 11 is 0. The van der Waals surface area contributed by atoms with Gasteiger partial charge in [-0.25, -0.2) is 14.4 Å². The summed E-state index contributed by atoms with van der Waals surface area (Å²) < 4.78 is 14.0. The van der Waals surface area contributed by atoms with Crippen LogP contribution in [0, 0.1) is 5.82 Å². The van der Waals surface area contributed by atoms with E-state index in [0.717, 1.165) is 24.8 Å². The molecule has 0 amide bonds. The van der Waals surface area contributed by atoms with Crippen LogP contribution in [0.1, 0.15) is 30.7 Å². The predicted molar refractivity (Wildman–Crippen MR) is 96.6 cm³/mol. The number of nitrogens with zero attached hydrogens (tertiary/aromatic N) is 3. The third-order valence-electron chi connectivity index (χ3n) is 4.82. The number of hydrogen-bond acceptors (Lipinski definition) is 6. The number of halogens is 1. The van der Waals surface area contributed by atoms with Crippen molar-refractivity contribution in [2.75, 3.05) is 17.2 Å². The molecule has 6 nitrogen and oxygen atoms in total. The highest BCUT2D eigenvalue weighted by Gasteiger charge is 2.33. The van der Waals surface area contributed by atoms with E-state index in [1.807, 2.05) is 6.07 Å². The van der Waals surface area contributed by atoms with Crippen LogP contribution in [0.3, 0.4) is 0 Å². The summed E-state index contributed by atoms with van der Waals surface area (Å²) in [7, 11) is 0. The van der Waals surface area contributed by atoms with E-state index in [4.69, 9.17) is 22.2 Å². The van der Waals surface area contributed by atoms with Crippen LogP contribution >= 0.6 is 0 Å². The van der Waals surface area contributed by atoms with Gasteiger partial charge in [0.1, 0.15) is 17.2 Å². The molecule has 0 spiro atoms. The SMILES string of the molecule is Nc1nc(C2=NC(Cc3ccccc3F)C3=C2CCC3)nc(N)c1N. The van der Waals surface area contributed by atoms with Gasteiger partial charge in [-0.05, 0) is 42.0 Å². The van der Waals surface area contributed by atoms with Crippen molar-refractivity contribution in [1.29, 1.82) is 0 Å². The predicted octanol–water partition coefficient (Wildman–Crippen LogP) is 2.26. The van der Waals surface area contributed by atoms with Crippen molar-refractivity contribution in [3.05, 3.63) is 52.6 Å². The molecule has 7 heteroatoms. The Hall–Kier alpha value is -2.96. The number of hydrogen-bond donors (Lipinski definition) is 3. The minimum absolute atomic E-state index is 0.0898. The van der Waals surface area contributed by atoms with E-state index in [1.54, 1.807) is 12.1 Å². The summed E-state index contributed by atoms with van der Waals surface area (Å²) in [6.45, 7) is 0. The second kappa shape index (κ2) is 5.84. The lowest BCUT2D eigenvalue weighted by Crippen LogP contribution is -2.14. The molecular weight excluding hydrogens is 319 g/mol. The lowest BCUT2D eigenvalue weighted by Gasteiger charge is -2.12. The Labute approximate surface area is 144 Å². The second-order valence-corrected chi connectivity index (χ2v) is 6.38. The quantitative estimate of drug-likeness (QED) is 0.794. The van der Waals surface area contributed by atoms with E-state index in [1.165, 1.54) is 11.6 Å². The monoisotopic (exact) mass is 338 g/mol. The largest absolute Gasteiger partial charge is 0.393 e. The first-order valence-electron chi connectivity index (χ1n) is 8.27. The van der Waals surface area contributed by atoms with Crippen LogP contribution < -0.4 is 17.2 Å². The van der Waals surface area contributed by atoms with Gasteiger partial charge in [-0.15, -0.1) is 0 Å². The molecule has 1 aliphatic heterocycles. The summed E-state index contributed by atoms with van der Waals surface area (Å²) in [5.41, 5.74) is 21.3. The van der Waals surface area contributed by atoms with Crippen LogP contribution in [0.2, 0.25) is 0 Å². The third kappa shape index (κ3) is 2.61. The molecule has 128 valence electrons. The molecule has 2 aromatic rings. The Morgan fingerprint density at radius 1 is 1.04 bits per heavy atom. The average molecular weight is 338 g/mol. The van der Waals surface area contributed by atoms with Crippen molar-refractivity contribution in [1.82, 2.24) is 9.97 Å². The van der Waals surface area contributed by atoms with Crippen molar-refractivity contribution in [3.8, 4) is 0 Å². The molecule has 25 heavy (non-hydrogen) atoms. The number of aliphatic imine (C=N–C) groups is 1. The molecule has 1 aliphatic carbocycles. The van der Waals surface area contributed by atoms with E-state index in [0.29, 0.717) is 23.5 Å². The average Bonchev–Trinajstić information content (AvgIpc) is 3.18. The molecule has 1 aromatic carbocycles. The first kappa shape index (κ1) is 15.6. The maximum Gasteiger partial charge on any atom is 0.182 e. The standard InChI is InChI=1S/C18H19FN6/c19-12-7-2-1-4-9(12)8-13-10-5-3-6-11(10)15(23-13)18-24-16(21)14(20)17(22)25-18/h1-2,4,7,13H,3,5-6,8,20H2,(H4,21,22,24,25). The molecule has 0 fully saturated rings. The fourth-order valence-electron chi connectivity index (χ4n) is 3.56. The number of nitrogens with two attached hydrogens (primary N) is 3. The van der Waals surface area contributed by atoms with Gasteiger partial charge in [-0.3, -0.25) is 4.99 Å². The Morgan fingerprint density at radius 3 is 2.48 bits per heavy atom. The molecule has 4 rings (SSSR count). The van der Waals surface area contributed by atoms with Crippen LogP contribution in [0.25, 0.3) is 0 Å². The Balaban J connectivity index is 1.73. The molecule has 1 atom stereocenters. The van der Waals surface area contributed by atoms with Gasteiger partial charge in [0.05, 0.1) is 6.04 Å². The molecule has 0 saturated carbocycles. The number of benzene rings is 1. The highest BCUT2D eigenvalue weighted by atomic mass is 19.1. The summed E-state index contributed by atoms with van der Waals surface area (Å²) in [6, 6.07) is 6.72. The van der Waals surface area contributed by atoms with Gasteiger partial charge in [0, 0.05) is 6.42 Å². The number of allylic oxidation sites excluding steroid dienone is 1. The van der Waals surface area contributed by atoms with Crippen molar-refractivity contribution >= 4 is 23.0 Å². The molecule has 1 unspecified atom stereocenters. The van der Waals surface area contributed by atoms with Gasteiger partial charge in [0.2, 0.25) is 0 Å². The van der Waals surface area contributed by atoms with Crippen molar-refractivity contribution < 1.29 is 4.39 Å². The van der Waals surface area contributed by atoms with E-state index in [2.05, 4.69) is 9.97 Å². The van der Waals surface area contributed by atoms with Crippen molar-refractivity contribution in [3.63, 3.8) is 0 Å². The van der Waals surface area contributed by atoms with Gasteiger partial charge in [0.25, 0.3) is 0 Å². The van der Waals surface area contributed by atoms with Crippen LogP contribution in [0.5, 0.6) is 0 Å². The Bertz CT molecular complexity index is 895. The minimum Gasteiger partial charge on any atom is -0.393 e. The fraction of sp³-hybridized carbons (Fsp3) is 0.278. The van der Waals surface area contributed by atoms with Gasteiger partial charge >= 0.3 is 0 Å². The van der Waals surface area contributed by atoms with E-state index in [9.17, 15) is 4.39 Å². The molecular formula is C18H19FN6. The molecule has 2 aliphatic rings. The zero-order valence-electron chi connectivity index (χ0n) is 13.7. The molecule has 2 heterocycles.